The average Bonchev–Trinajstić information content (AvgIpc) is 3.08. The van der Waals surface area contributed by atoms with Crippen molar-refractivity contribution in [2.24, 2.45) is 5.92 Å². The zero-order valence-electron chi connectivity index (χ0n) is 13.6. The second-order valence-corrected chi connectivity index (χ2v) is 5.51. The van der Waals surface area contributed by atoms with Gasteiger partial charge in [0.15, 0.2) is 5.76 Å². The Labute approximate surface area is 139 Å². The number of rotatable bonds is 6. The molecule has 0 spiro atoms. The molecule has 0 aliphatic rings. The molecule has 2 N–H and O–H groups in total. The van der Waals surface area contributed by atoms with E-state index in [1.807, 2.05) is 0 Å². The Morgan fingerprint density at radius 3 is 2.58 bits per heavy atom. The minimum atomic E-state index is -0.794. The van der Waals surface area contributed by atoms with E-state index in [0.717, 1.165) is 0 Å². The Morgan fingerprint density at radius 1 is 1.25 bits per heavy atom. The highest BCUT2D eigenvalue weighted by Gasteiger charge is 2.26. The van der Waals surface area contributed by atoms with Gasteiger partial charge >= 0.3 is 0 Å². The molecule has 0 bridgehead atoms. The van der Waals surface area contributed by atoms with Crippen molar-refractivity contribution in [2.45, 2.75) is 19.9 Å². The van der Waals surface area contributed by atoms with Gasteiger partial charge in [0.25, 0.3) is 5.91 Å². The molecule has 1 atom stereocenters. The molecule has 2 amide bonds. The van der Waals surface area contributed by atoms with Crippen LogP contribution in [0.5, 0.6) is 5.75 Å². The molecule has 0 aliphatic heterocycles. The second kappa shape index (κ2) is 7.63. The molecule has 1 heterocycles. The van der Waals surface area contributed by atoms with Crippen molar-refractivity contribution in [3.05, 3.63) is 48.2 Å². The summed E-state index contributed by atoms with van der Waals surface area (Å²) in [6, 6.07) is 6.08. The molecule has 24 heavy (non-hydrogen) atoms. The monoisotopic (exact) mass is 334 g/mol. The predicted octanol–water partition coefficient (Wildman–Crippen LogP) is 2.82. The molecule has 0 radical (unpaired) electrons. The molecule has 1 aromatic heterocycles. The Bertz CT molecular complexity index is 713. The van der Waals surface area contributed by atoms with Crippen LogP contribution in [0.2, 0.25) is 0 Å². The first-order valence-corrected chi connectivity index (χ1v) is 7.41. The quantitative estimate of drug-likeness (QED) is 0.851. The van der Waals surface area contributed by atoms with E-state index < -0.39 is 23.7 Å². The highest BCUT2D eigenvalue weighted by atomic mass is 19.1. The fourth-order valence-electron chi connectivity index (χ4n) is 2.13. The summed E-state index contributed by atoms with van der Waals surface area (Å²) in [5.41, 5.74) is 0.321. The van der Waals surface area contributed by atoms with Gasteiger partial charge in [-0.25, -0.2) is 4.39 Å². The maximum absolute atomic E-state index is 13.2. The summed E-state index contributed by atoms with van der Waals surface area (Å²) < 4.78 is 23.3. The van der Waals surface area contributed by atoms with E-state index in [-0.39, 0.29) is 17.4 Å². The number of nitrogens with one attached hydrogen (secondary N) is 2. The van der Waals surface area contributed by atoms with Gasteiger partial charge < -0.3 is 19.8 Å². The van der Waals surface area contributed by atoms with Crippen molar-refractivity contribution in [1.82, 2.24) is 5.32 Å². The first-order chi connectivity index (χ1) is 11.4. The van der Waals surface area contributed by atoms with Gasteiger partial charge in [-0.3, -0.25) is 9.59 Å². The number of furan rings is 1. The lowest BCUT2D eigenvalue weighted by Crippen LogP contribution is -2.47. The standard InChI is InChI=1S/C17H19FN2O4/c1-10(2)15(20-16(21)13-5-4-8-24-13)17(22)19-12-7-6-11(18)9-14(12)23-3/h4-10,15H,1-3H3,(H,19,22)(H,20,21). The number of anilines is 1. The summed E-state index contributed by atoms with van der Waals surface area (Å²) in [5.74, 6) is -1.25. The molecule has 0 aliphatic carbocycles. The van der Waals surface area contributed by atoms with Crippen LogP contribution in [0.3, 0.4) is 0 Å². The predicted molar refractivity (Wildman–Crippen MR) is 86.4 cm³/mol. The smallest absolute Gasteiger partial charge is 0.287 e. The molecule has 6 nitrogen and oxygen atoms in total. The number of amides is 2. The summed E-state index contributed by atoms with van der Waals surface area (Å²) in [6.07, 6.45) is 1.38. The number of hydrogen-bond donors (Lipinski definition) is 2. The number of benzene rings is 1. The third-order valence-corrected chi connectivity index (χ3v) is 3.40. The average molecular weight is 334 g/mol. The maximum Gasteiger partial charge on any atom is 0.287 e. The van der Waals surface area contributed by atoms with Crippen molar-refractivity contribution in [3.8, 4) is 5.75 Å². The first-order valence-electron chi connectivity index (χ1n) is 7.41. The van der Waals surface area contributed by atoms with E-state index in [4.69, 9.17) is 9.15 Å². The molecule has 0 fully saturated rings. The summed E-state index contributed by atoms with van der Waals surface area (Å²) in [7, 11) is 1.38. The Hall–Kier alpha value is -2.83. The van der Waals surface area contributed by atoms with Gasteiger partial charge in [-0.05, 0) is 30.2 Å². The van der Waals surface area contributed by atoms with E-state index in [2.05, 4.69) is 10.6 Å². The lowest BCUT2D eigenvalue weighted by molar-refractivity contribution is -0.118. The van der Waals surface area contributed by atoms with Crippen molar-refractivity contribution in [1.29, 1.82) is 0 Å². The highest BCUT2D eigenvalue weighted by Crippen LogP contribution is 2.25. The van der Waals surface area contributed by atoms with Gasteiger partial charge in [0.05, 0.1) is 19.1 Å². The topological polar surface area (TPSA) is 80.6 Å². The summed E-state index contributed by atoms with van der Waals surface area (Å²) in [5, 5.41) is 5.27. The fraction of sp³-hybridized carbons (Fsp3) is 0.294. The summed E-state index contributed by atoms with van der Waals surface area (Å²) in [6.45, 7) is 3.60. The summed E-state index contributed by atoms with van der Waals surface area (Å²) >= 11 is 0. The SMILES string of the molecule is COc1cc(F)ccc1NC(=O)C(NC(=O)c1ccco1)C(C)C. The highest BCUT2D eigenvalue weighted by molar-refractivity contribution is 6.00. The van der Waals surface area contributed by atoms with Gasteiger partial charge in [0, 0.05) is 6.07 Å². The second-order valence-electron chi connectivity index (χ2n) is 5.51. The number of halogens is 1. The minimum Gasteiger partial charge on any atom is -0.494 e. The van der Waals surface area contributed by atoms with Gasteiger partial charge in [-0.2, -0.15) is 0 Å². The molecule has 0 saturated carbocycles. The number of methoxy groups -OCH3 is 1. The molecule has 1 aromatic carbocycles. The van der Waals surface area contributed by atoms with E-state index in [9.17, 15) is 14.0 Å². The van der Waals surface area contributed by atoms with E-state index in [0.29, 0.717) is 5.69 Å². The third-order valence-electron chi connectivity index (χ3n) is 3.40. The van der Waals surface area contributed by atoms with E-state index in [1.54, 1.807) is 19.9 Å². The Balaban J connectivity index is 2.13. The Kier molecular flexibility index (Phi) is 5.57. The molecule has 0 saturated heterocycles. The van der Waals surface area contributed by atoms with Crippen LogP contribution in [-0.4, -0.2) is 25.0 Å². The van der Waals surface area contributed by atoms with Crippen molar-refractivity contribution < 1.29 is 23.1 Å². The number of hydrogen-bond acceptors (Lipinski definition) is 4. The minimum absolute atomic E-state index is 0.118. The number of carbonyl (C=O) groups excluding carboxylic acids is 2. The largest absolute Gasteiger partial charge is 0.494 e. The third kappa shape index (κ3) is 4.13. The van der Waals surface area contributed by atoms with Gasteiger partial charge in [-0.15, -0.1) is 0 Å². The lowest BCUT2D eigenvalue weighted by Gasteiger charge is -2.21. The molecular formula is C17H19FN2O4. The van der Waals surface area contributed by atoms with Gasteiger partial charge in [0.2, 0.25) is 5.91 Å². The summed E-state index contributed by atoms with van der Waals surface area (Å²) in [4.78, 5) is 24.6. The Morgan fingerprint density at radius 2 is 2.00 bits per heavy atom. The van der Waals surface area contributed by atoms with Crippen molar-refractivity contribution in [2.75, 3.05) is 12.4 Å². The lowest BCUT2D eigenvalue weighted by atomic mass is 10.0. The van der Waals surface area contributed by atoms with Crippen LogP contribution in [-0.2, 0) is 4.79 Å². The fourth-order valence-corrected chi connectivity index (χ4v) is 2.13. The van der Waals surface area contributed by atoms with Crippen molar-refractivity contribution >= 4 is 17.5 Å². The zero-order valence-corrected chi connectivity index (χ0v) is 13.6. The van der Waals surface area contributed by atoms with Crippen LogP contribution in [0.25, 0.3) is 0 Å². The molecular weight excluding hydrogens is 315 g/mol. The zero-order chi connectivity index (χ0) is 17.7. The molecule has 128 valence electrons. The van der Waals surface area contributed by atoms with Crippen molar-refractivity contribution in [3.63, 3.8) is 0 Å². The van der Waals surface area contributed by atoms with Crippen LogP contribution < -0.4 is 15.4 Å². The molecule has 7 heteroatoms. The van der Waals surface area contributed by atoms with Crippen LogP contribution in [0.15, 0.2) is 41.0 Å². The molecule has 2 rings (SSSR count). The number of ether oxygens (including phenoxy) is 1. The van der Waals surface area contributed by atoms with Crippen LogP contribution >= 0.6 is 0 Å². The van der Waals surface area contributed by atoms with E-state index >= 15 is 0 Å². The van der Waals surface area contributed by atoms with Gasteiger partial charge in [0.1, 0.15) is 17.6 Å². The van der Waals surface area contributed by atoms with Crippen LogP contribution in [0.1, 0.15) is 24.4 Å². The maximum atomic E-state index is 13.2. The molecule has 1 unspecified atom stereocenters. The first kappa shape index (κ1) is 17.5. The van der Waals surface area contributed by atoms with Gasteiger partial charge in [-0.1, -0.05) is 13.8 Å². The molecule has 2 aromatic rings. The normalized spacial score (nSPS) is 11.9. The van der Waals surface area contributed by atoms with Crippen LogP contribution in [0, 0.1) is 11.7 Å². The number of carbonyl (C=O) groups is 2. The van der Waals surface area contributed by atoms with Crippen LogP contribution in [0.4, 0.5) is 10.1 Å². The van der Waals surface area contributed by atoms with E-state index in [1.165, 1.54) is 37.6 Å².